The van der Waals surface area contributed by atoms with E-state index in [1.54, 1.807) is 17.0 Å². The summed E-state index contributed by atoms with van der Waals surface area (Å²) in [5.41, 5.74) is 6.45. The topological polar surface area (TPSA) is 55.6 Å². The molecule has 0 bridgehead atoms. The van der Waals surface area contributed by atoms with Gasteiger partial charge in [0, 0.05) is 25.3 Å². The standard InChI is InChI=1S/C14H18Cl2N2O2/c1-2-20-10-4-3-5-18(8-10)14(19)9-6-11(15)13(17)12(16)7-9/h6-7,10H,2-5,8,17H2,1H3. The average Bonchev–Trinajstić information content (AvgIpc) is 2.44. The molecule has 1 aliphatic heterocycles. The molecule has 1 unspecified atom stereocenters. The number of amides is 1. The number of nitrogens with zero attached hydrogens (tertiary/aromatic N) is 1. The first-order valence-corrected chi connectivity index (χ1v) is 7.44. The lowest BCUT2D eigenvalue weighted by atomic mass is 10.1. The van der Waals surface area contributed by atoms with E-state index in [0.717, 1.165) is 19.4 Å². The van der Waals surface area contributed by atoms with Gasteiger partial charge in [0.25, 0.3) is 5.91 Å². The predicted molar refractivity (Wildman–Crippen MR) is 81.4 cm³/mol. The average molecular weight is 317 g/mol. The van der Waals surface area contributed by atoms with Crippen molar-refractivity contribution in [1.29, 1.82) is 0 Å². The summed E-state index contributed by atoms with van der Waals surface area (Å²) in [5.74, 6) is -0.0850. The minimum Gasteiger partial charge on any atom is -0.396 e. The quantitative estimate of drug-likeness (QED) is 0.871. The van der Waals surface area contributed by atoms with Crippen LogP contribution >= 0.6 is 23.2 Å². The van der Waals surface area contributed by atoms with Crippen molar-refractivity contribution in [3.63, 3.8) is 0 Å². The molecule has 4 nitrogen and oxygen atoms in total. The van der Waals surface area contributed by atoms with Crippen LogP contribution in [0.3, 0.4) is 0 Å². The third-order valence-corrected chi connectivity index (χ3v) is 4.02. The predicted octanol–water partition coefficient (Wildman–Crippen LogP) is 3.22. The van der Waals surface area contributed by atoms with Crippen LogP contribution in [0, 0.1) is 0 Å². The number of rotatable bonds is 3. The molecule has 0 spiro atoms. The van der Waals surface area contributed by atoms with Gasteiger partial charge in [-0.3, -0.25) is 4.79 Å². The van der Waals surface area contributed by atoms with Gasteiger partial charge in [-0.05, 0) is 31.9 Å². The summed E-state index contributed by atoms with van der Waals surface area (Å²) < 4.78 is 5.60. The maximum absolute atomic E-state index is 12.5. The molecule has 6 heteroatoms. The van der Waals surface area contributed by atoms with Crippen LogP contribution < -0.4 is 5.73 Å². The summed E-state index contributed by atoms with van der Waals surface area (Å²) >= 11 is 12.0. The lowest BCUT2D eigenvalue weighted by Crippen LogP contribution is -2.43. The van der Waals surface area contributed by atoms with Gasteiger partial charge in [0.1, 0.15) is 0 Å². The molecule has 0 saturated carbocycles. The number of halogens is 2. The van der Waals surface area contributed by atoms with Crippen molar-refractivity contribution in [2.24, 2.45) is 0 Å². The minimum absolute atomic E-state index is 0.0850. The molecular weight excluding hydrogens is 299 g/mol. The second-order valence-corrected chi connectivity index (χ2v) is 5.64. The van der Waals surface area contributed by atoms with Gasteiger partial charge in [-0.1, -0.05) is 23.2 Å². The van der Waals surface area contributed by atoms with E-state index in [4.69, 9.17) is 33.7 Å². The highest BCUT2D eigenvalue weighted by atomic mass is 35.5. The number of nitrogens with two attached hydrogens (primary N) is 1. The van der Waals surface area contributed by atoms with Crippen molar-refractivity contribution >= 4 is 34.8 Å². The highest BCUT2D eigenvalue weighted by molar-refractivity contribution is 6.39. The van der Waals surface area contributed by atoms with Crippen LogP contribution in [0.15, 0.2) is 12.1 Å². The highest BCUT2D eigenvalue weighted by Gasteiger charge is 2.25. The summed E-state index contributed by atoms with van der Waals surface area (Å²) in [5, 5.41) is 0.610. The molecule has 0 aromatic heterocycles. The van der Waals surface area contributed by atoms with Crippen LogP contribution in [0.5, 0.6) is 0 Å². The summed E-state index contributed by atoms with van der Waals surface area (Å²) in [6.07, 6.45) is 2.03. The van der Waals surface area contributed by atoms with Crippen molar-refractivity contribution in [1.82, 2.24) is 4.90 Å². The fourth-order valence-electron chi connectivity index (χ4n) is 2.38. The first-order chi connectivity index (χ1) is 9.52. The van der Waals surface area contributed by atoms with Gasteiger partial charge in [-0.2, -0.15) is 0 Å². The van der Waals surface area contributed by atoms with Gasteiger partial charge in [0.2, 0.25) is 0 Å². The molecule has 1 heterocycles. The number of carbonyl (C=O) groups excluding carboxylic acids is 1. The third-order valence-electron chi connectivity index (χ3n) is 3.39. The van der Waals surface area contributed by atoms with Crippen LogP contribution in [0.25, 0.3) is 0 Å². The zero-order valence-corrected chi connectivity index (χ0v) is 12.9. The van der Waals surface area contributed by atoms with E-state index >= 15 is 0 Å². The second kappa shape index (κ2) is 6.66. The zero-order chi connectivity index (χ0) is 14.7. The molecule has 0 radical (unpaired) electrons. The fourth-order valence-corrected chi connectivity index (χ4v) is 2.87. The molecule has 1 amide bonds. The molecule has 20 heavy (non-hydrogen) atoms. The lowest BCUT2D eigenvalue weighted by Gasteiger charge is -2.32. The number of likely N-dealkylation sites (tertiary alicyclic amines) is 1. The van der Waals surface area contributed by atoms with Gasteiger partial charge in [-0.15, -0.1) is 0 Å². The van der Waals surface area contributed by atoms with Crippen LogP contribution in [-0.4, -0.2) is 36.6 Å². The van der Waals surface area contributed by atoms with Crippen LogP contribution in [0.1, 0.15) is 30.1 Å². The Kier molecular flexibility index (Phi) is 5.13. The summed E-state index contributed by atoms with van der Waals surface area (Å²) in [7, 11) is 0. The molecular formula is C14H18Cl2N2O2. The Morgan fingerprint density at radius 1 is 1.45 bits per heavy atom. The Balaban J connectivity index is 2.14. The summed E-state index contributed by atoms with van der Waals surface area (Å²) in [4.78, 5) is 14.3. The molecule has 1 fully saturated rings. The number of nitrogen functional groups attached to an aromatic ring is 1. The molecule has 1 saturated heterocycles. The molecule has 1 atom stereocenters. The van der Waals surface area contributed by atoms with Crippen molar-refractivity contribution in [3.05, 3.63) is 27.7 Å². The number of anilines is 1. The Labute approximate surface area is 128 Å². The maximum Gasteiger partial charge on any atom is 0.254 e. The number of carbonyl (C=O) groups is 1. The highest BCUT2D eigenvalue weighted by Crippen LogP contribution is 2.29. The Bertz CT molecular complexity index is 483. The smallest absolute Gasteiger partial charge is 0.254 e. The van der Waals surface area contributed by atoms with E-state index in [2.05, 4.69) is 0 Å². The molecule has 0 aliphatic carbocycles. The van der Waals surface area contributed by atoms with E-state index in [-0.39, 0.29) is 12.0 Å². The van der Waals surface area contributed by atoms with Crippen LogP contribution in [0.2, 0.25) is 10.0 Å². The molecule has 1 aliphatic rings. The Morgan fingerprint density at radius 3 is 2.70 bits per heavy atom. The minimum atomic E-state index is -0.0850. The fraction of sp³-hybridized carbons (Fsp3) is 0.500. The SMILES string of the molecule is CCOC1CCCN(C(=O)c2cc(Cl)c(N)c(Cl)c2)C1. The zero-order valence-electron chi connectivity index (χ0n) is 11.4. The van der Waals surface area contributed by atoms with E-state index < -0.39 is 0 Å². The largest absolute Gasteiger partial charge is 0.396 e. The second-order valence-electron chi connectivity index (χ2n) is 4.82. The van der Waals surface area contributed by atoms with Gasteiger partial charge >= 0.3 is 0 Å². The lowest BCUT2D eigenvalue weighted by molar-refractivity contribution is 0.00724. The van der Waals surface area contributed by atoms with E-state index in [9.17, 15) is 4.79 Å². The first-order valence-electron chi connectivity index (χ1n) is 6.68. The Morgan fingerprint density at radius 2 is 2.10 bits per heavy atom. The van der Waals surface area contributed by atoms with Crippen molar-refractivity contribution in [2.75, 3.05) is 25.4 Å². The number of piperidine rings is 1. The van der Waals surface area contributed by atoms with Gasteiger partial charge in [0.15, 0.2) is 0 Å². The molecule has 1 aromatic rings. The number of hydrogen-bond acceptors (Lipinski definition) is 3. The molecule has 1 aromatic carbocycles. The van der Waals surface area contributed by atoms with Crippen molar-refractivity contribution in [3.8, 4) is 0 Å². The summed E-state index contributed by atoms with van der Waals surface area (Å²) in [6, 6.07) is 3.13. The van der Waals surface area contributed by atoms with Crippen LogP contribution in [-0.2, 0) is 4.74 Å². The maximum atomic E-state index is 12.5. The Hall–Kier alpha value is -0.970. The van der Waals surface area contributed by atoms with Crippen molar-refractivity contribution in [2.45, 2.75) is 25.9 Å². The molecule has 2 N–H and O–H groups in total. The number of ether oxygens (including phenoxy) is 1. The van der Waals surface area contributed by atoms with Crippen LogP contribution in [0.4, 0.5) is 5.69 Å². The number of benzene rings is 1. The van der Waals surface area contributed by atoms with E-state index in [1.807, 2.05) is 6.92 Å². The van der Waals surface area contributed by atoms with Gasteiger partial charge in [0.05, 0.1) is 21.8 Å². The normalized spacial score (nSPS) is 19.1. The monoisotopic (exact) mass is 316 g/mol. The van der Waals surface area contributed by atoms with E-state index in [1.165, 1.54) is 0 Å². The third kappa shape index (κ3) is 3.37. The number of hydrogen-bond donors (Lipinski definition) is 1. The van der Waals surface area contributed by atoms with E-state index in [0.29, 0.717) is 34.4 Å². The van der Waals surface area contributed by atoms with Gasteiger partial charge in [-0.25, -0.2) is 0 Å². The summed E-state index contributed by atoms with van der Waals surface area (Å²) in [6.45, 7) is 3.95. The molecule has 110 valence electrons. The van der Waals surface area contributed by atoms with Gasteiger partial charge < -0.3 is 15.4 Å². The van der Waals surface area contributed by atoms with Crippen molar-refractivity contribution < 1.29 is 9.53 Å². The first kappa shape index (κ1) is 15.4. The molecule has 2 rings (SSSR count).